The highest BCUT2D eigenvalue weighted by Crippen LogP contribution is 2.41. The van der Waals surface area contributed by atoms with Crippen LogP contribution in [-0.4, -0.2) is 49.0 Å². The number of aryl methyl sites for hydroxylation is 2. The van der Waals surface area contributed by atoms with Gasteiger partial charge < -0.3 is 19.0 Å². The standard InChI is InChI=1S/C27H32N2O4/c1-6-28(7-2)13-10-14-29-24(19-11-8-9-12-21(19)32-5)23-25(30)20-15-17(3)18(4)16-22(20)33-26(23)27(29)31/h8-9,11-12,15-16,24H,6-7,10,13-14H2,1-5H3/t24-/m0/s1. The number of carbonyl (C=O) groups is 1. The van der Waals surface area contributed by atoms with Crippen LogP contribution in [0.25, 0.3) is 11.0 Å². The van der Waals surface area contributed by atoms with E-state index in [1.54, 1.807) is 12.0 Å². The van der Waals surface area contributed by atoms with Crippen molar-refractivity contribution in [2.45, 2.75) is 40.2 Å². The first kappa shape index (κ1) is 23.1. The molecule has 3 aromatic rings. The van der Waals surface area contributed by atoms with Gasteiger partial charge in [0, 0.05) is 12.1 Å². The van der Waals surface area contributed by atoms with E-state index < -0.39 is 6.04 Å². The van der Waals surface area contributed by atoms with Gasteiger partial charge in [-0.15, -0.1) is 0 Å². The van der Waals surface area contributed by atoms with Crippen molar-refractivity contribution < 1.29 is 13.9 Å². The molecule has 1 aliphatic rings. The van der Waals surface area contributed by atoms with Crippen molar-refractivity contribution in [1.82, 2.24) is 9.80 Å². The maximum absolute atomic E-state index is 13.7. The van der Waals surface area contributed by atoms with Crippen molar-refractivity contribution in [3.05, 3.63) is 74.6 Å². The number of nitrogens with zero attached hydrogens (tertiary/aromatic N) is 2. The smallest absolute Gasteiger partial charge is 0.290 e. The molecule has 2 heterocycles. The minimum atomic E-state index is -0.539. The molecule has 0 bridgehead atoms. The Balaban J connectivity index is 1.86. The summed E-state index contributed by atoms with van der Waals surface area (Å²) in [7, 11) is 1.61. The van der Waals surface area contributed by atoms with Crippen molar-refractivity contribution in [3.63, 3.8) is 0 Å². The molecule has 1 atom stereocenters. The van der Waals surface area contributed by atoms with Crippen LogP contribution in [0.1, 0.15) is 59.1 Å². The lowest BCUT2D eigenvalue weighted by atomic mass is 9.96. The molecule has 6 heteroatoms. The van der Waals surface area contributed by atoms with Gasteiger partial charge in [-0.2, -0.15) is 0 Å². The molecule has 1 aliphatic heterocycles. The maximum Gasteiger partial charge on any atom is 0.290 e. The van der Waals surface area contributed by atoms with Crippen LogP contribution in [0.4, 0.5) is 0 Å². The number of amides is 1. The Labute approximate surface area is 194 Å². The summed E-state index contributed by atoms with van der Waals surface area (Å²) in [4.78, 5) is 31.4. The van der Waals surface area contributed by atoms with E-state index in [9.17, 15) is 9.59 Å². The largest absolute Gasteiger partial charge is 0.496 e. The highest BCUT2D eigenvalue weighted by molar-refractivity contribution is 5.99. The predicted octanol–water partition coefficient (Wildman–Crippen LogP) is 4.70. The maximum atomic E-state index is 13.7. The third-order valence-corrected chi connectivity index (χ3v) is 6.78. The molecule has 4 rings (SSSR count). The molecule has 1 amide bonds. The van der Waals surface area contributed by atoms with Gasteiger partial charge in [0.05, 0.1) is 24.1 Å². The molecular weight excluding hydrogens is 416 g/mol. The molecule has 33 heavy (non-hydrogen) atoms. The van der Waals surface area contributed by atoms with Crippen molar-refractivity contribution in [2.24, 2.45) is 0 Å². The Hall–Kier alpha value is -3.12. The van der Waals surface area contributed by atoms with Crippen molar-refractivity contribution in [2.75, 3.05) is 33.3 Å². The Morgan fingerprint density at radius 2 is 1.76 bits per heavy atom. The van der Waals surface area contributed by atoms with E-state index in [0.29, 0.717) is 28.8 Å². The number of methoxy groups -OCH3 is 1. The van der Waals surface area contributed by atoms with Crippen LogP contribution >= 0.6 is 0 Å². The van der Waals surface area contributed by atoms with Gasteiger partial charge in [0.2, 0.25) is 5.76 Å². The van der Waals surface area contributed by atoms with Crippen molar-refractivity contribution in [1.29, 1.82) is 0 Å². The fourth-order valence-corrected chi connectivity index (χ4v) is 4.73. The summed E-state index contributed by atoms with van der Waals surface area (Å²) < 4.78 is 11.7. The SMILES string of the molecule is CCN(CC)CCCN1C(=O)c2oc3cc(C)c(C)cc3c(=O)c2[C@@H]1c1ccccc1OC. The van der Waals surface area contributed by atoms with Crippen LogP contribution < -0.4 is 10.2 Å². The van der Waals surface area contributed by atoms with E-state index >= 15 is 0 Å². The lowest BCUT2D eigenvalue weighted by Crippen LogP contribution is -2.33. The normalized spacial score (nSPS) is 15.5. The zero-order chi connectivity index (χ0) is 23.7. The van der Waals surface area contributed by atoms with Crippen molar-refractivity contribution >= 4 is 16.9 Å². The lowest BCUT2D eigenvalue weighted by Gasteiger charge is -2.27. The fourth-order valence-electron chi connectivity index (χ4n) is 4.73. The fraction of sp³-hybridized carbons (Fsp3) is 0.407. The van der Waals surface area contributed by atoms with Gasteiger partial charge in [-0.25, -0.2) is 0 Å². The van der Waals surface area contributed by atoms with Crippen LogP contribution in [0.5, 0.6) is 5.75 Å². The zero-order valence-corrected chi connectivity index (χ0v) is 20.1. The number of hydrogen-bond donors (Lipinski definition) is 0. The molecule has 174 valence electrons. The van der Waals surface area contributed by atoms with Gasteiger partial charge in [0.1, 0.15) is 11.3 Å². The van der Waals surface area contributed by atoms with Crippen LogP contribution in [0, 0.1) is 13.8 Å². The highest BCUT2D eigenvalue weighted by atomic mass is 16.5. The molecule has 0 unspecified atom stereocenters. The minimum absolute atomic E-state index is 0.148. The Morgan fingerprint density at radius 3 is 2.45 bits per heavy atom. The molecule has 0 spiro atoms. The molecule has 0 aliphatic carbocycles. The van der Waals surface area contributed by atoms with E-state index in [0.717, 1.165) is 42.7 Å². The molecule has 0 saturated carbocycles. The molecule has 0 N–H and O–H groups in total. The number of para-hydroxylation sites is 1. The van der Waals surface area contributed by atoms with Gasteiger partial charge in [-0.05, 0) is 69.2 Å². The molecule has 6 nitrogen and oxygen atoms in total. The summed E-state index contributed by atoms with van der Waals surface area (Å²) in [6.45, 7) is 11.6. The summed E-state index contributed by atoms with van der Waals surface area (Å²) in [6, 6.07) is 10.8. The molecule has 0 saturated heterocycles. The first-order valence-corrected chi connectivity index (χ1v) is 11.6. The topological polar surface area (TPSA) is 63.0 Å². The number of ether oxygens (including phenoxy) is 1. The molecule has 2 aromatic carbocycles. The van der Waals surface area contributed by atoms with Gasteiger partial charge in [-0.1, -0.05) is 32.0 Å². The van der Waals surface area contributed by atoms with Gasteiger partial charge in [-0.3, -0.25) is 9.59 Å². The van der Waals surface area contributed by atoms with Crippen LogP contribution in [0.15, 0.2) is 45.6 Å². The third kappa shape index (κ3) is 4.04. The monoisotopic (exact) mass is 448 g/mol. The second kappa shape index (κ2) is 9.40. The average molecular weight is 449 g/mol. The van der Waals surface area contributed by atoms with E-state index in [2.05, 4.69) is 18.7 Å². The number of fused-ring (bicyclic) bond motifs is 2. The van der Waals surface area contributed by atoms with Gasteiger partial charge in [0.25, 0.3) is 5.91 Å². The van der Waals surface area contributed by atoms with Crippen LogP contribution in [0.3, 0.4) is 0 Å². The summed E-state index contributed by atoms with van der Waals surface area (Å²) in [5.74, 6) is 0.559. The van der Waals surface area contributed by atoms with Crippen LogP contribution in [0.2, 0.25) is 0 Å². The first-order chi connectivity index (χ1) is 15.9. The Morgan fingerprint density at radius 1 is 1.06 bits per heavy atom. The first-order valence-electron chi connectivity index (χ1n) is 11.6. The second-order valence-corrected chi connectivity index (χ2v) is 8.63. The highest BCUT2D eigenvalue weighted by Gasteiger charge is 2.43. The van der Waals surface area contributed by atoms with Gasteiger partial charge in [0.15, 0.2) is 5.43 Å². The summed E-state index contributed by atoms with van der Waals surface area (Å²) in [5, 5.41) is 0.509. The van der Waals surface area contributed by atoms with E-state index in [1.807, 2.05) is 50.2 Å². The lowest BCUT2D eigenvalue weighted by molar-refractivity contribution is 0.0719. The van der Waals surface area contributed by atoms with Gasteiger partial charge >= 0.3 is 0 Å². The van der Waals surface area contributed by atoms with Crippen molar-refractivity contribution in [3.8, 4) is 5.75 Å². The van der Waals surface area contributed by atoms with E-state index in [4.69, 9.17) is 9.15 Å². The predicted molar refractivity (Wildman–Crippen MR) is 130 cm³/mol. The molecule has 1 aromatic heterocycles. The minimum Gasteiger partial charge on any atom is -0.496 e. The van der Waals surface area contributed by atoms with E-state index in [1.165, 1.54) is 0 Å². The Bertz CT molecular complexity index is 1240. The summed E-state index contributed by atoms with van der Waals surface area (Å²) >= 11 is 0. The van der Waals surface area contributed by atoms with E-state index in [-0.39, 0.29) is 17.1 Å². The third-order valence-electron chi connectivity index (χ3n) is 6.78. The molecule has 0 radical (unpaired) electrons. The number of rotatable bonds is 8. The summed E-state index contributed by atoms with van der Waals surface area (Å²) in [6.07, 6.45) is 0.805. The molecular formula is C27H32N2O4. The number of benzene rings is 2. The summed E-state index contributed by atoms with van der Waals surface area (Å²) in [5.41, 5.74) is 3.55. The quantitative estimate of drug-likeness (QED) is 0.500. The number of carbonyl (C=O) groups excluding carboxylic acids is 1. The molecule has 0 fully saturated rings. The van der Waals surface area contributed by atoms with Crippen LogP contribution in [-0.2, 0) is 0 Å². The second-order valence-electron chi connectivity index (χ2n) is 8.63. The zero-order valence-electron chi connectivity index (χ0n) is 20.1. The number of hydrogen-bond acceptors (Lipinski definition) is 5. The Kier molecular flexibility index (Phi) is 6.56. The average Bonchev–Trinajstić information content (AvgIpc) is 3.10.